The fourth-order valence-corrected chi connectivity index (χ4v) is 4.52. The zero-order chi connectivity index (χ0) is 13.3. The largest absolute Gasteiger partial charge is 0.259 e. The number of aromatic nitrogens is 6. The highest BCUT2D eigenvalue weighted by atomic mass is 32.1. The van der Waals surface area contributed by atoms with Crippen molar-refractivity contribution in [3.8, 4) is 0 Å². The Labute approximate surface area is 118 Å². The van der Waals surface area contributed by atoms with Crippen LogP contribution in [0.5, 0.6) is 0 Å². The summed E-state index contributed by atoms with van der Waals surface area (Å²) in [5.41, 5.74) is 2.37. The standard InChI is InChI=1S/C13H12N6S/c1-7-2-3-9-8(4-7)10-11-14-5-16-19(11)13-17-15-6-18(13)12(10)20-9/h5-7H,2-4H2,1H3/t7-/m1/s1. The maximum absolute atomic E-state index is 4.46. The van der Waals surface area contributed by atoms with Crippen molar-refractivity contribution in [1.82, 2.24) is 29.2 Å². The van der Waals surface area contributed by atoms with Gasteiger partial charge in [-0.3, -0.25) is 4.40 Å². The normalized spacial score (nSPS) is 19.1. The van der Waals surface area contributed by atoms with E-state index in [0.29, 0.717) is 0 Å². The highest BCUT2D eigenvalue weighted by molar-refractivity contribution is 7.19. The van der Waals surface area contributed by atoms with E-state index in [2.05, 4.69) is 27.2 Å². The Morgan fingerprint density at radius 1 is 1.40 bits per heavy atom. The molecule has 0 radical (unpaired) electrons. The summed E-state index contributed by atoms with van der Waals surface area (Å²) >= 11 is 1.86. The Kier molecular flexibility index (Phi) is 1.90. The van der Waals surface area contributed by atoms with Crippen LogP contribution in [0.3, 0.4) is 0 Å². The Balaban J connectivity index is 2.06. The second-order valence-electron chi connectivity index (χ2n) is 5.53. The average Bonchev–Trinajstić information content (AvgIpc) is 3.14. The Morgan fingerprint density at radius 3 is 3.30 bits per heavy atom. The molecule has 1 atom stereocenters. The summed E-state index contributed by atoms with van der Waals surface area (Å²) in [5, 5.41) is 13.7. The fraction of sp³-hybridized carbons (Fsp3) is 0.385. The SMILES string of the molecule is C[C@@H]1CCc2sc3c(c2C1)c1ncnn1c1nncn31. The highest BCUT2D eigenvalue weighted by Gasteiger charge is 2.24. The molecule has 0 saturated carbocycles. The molecule has 0 saturated heterocycles. The Hall–Kier alpha value is -2.02. The molecule has 100 valence electrons. The third kappa shape index (κ3) is 1.19. The van der Waals surface area contributed by atoms with Crippen LogP contribution in [0.25, 0.3) is 21.6 Å². The third-order valence-electron chi connectivity index (χ3n) is 4.20. The summed E-state index contributed by atoms with van der Waals surface area (Å²) in [5.74, 6) is 1.47. The quantitative estimate of drug-likeness (QED) is 0.496. The van der Waals surface area contributed by atoms with E-state index in [1.165, 1.54) is 33.5 Å². The van der Waals surface area contributed by atoms with Gasteiger partial charge in [0, 0.05) is 4.88 Å². The number of nitrogens with zero attached hydrogens (tertiary/aromatic N) is 6. The first-order chi connectivity index (χ1) is 9.83. The van der Waals surface area contributed by atoms with Crippen molar-refractivity contribution >= 4 is 33.0 Å². The monoisotopic (exact) mass is 284 g/mol. The number of rotatable bonds is 0. The van der Waals surface area contributed by atoms with Crippen molar-refractivity contribution in [2.45, 2.75) is 26.2 Å². The lowest BCUT2D eigenvalue weighted by Gasteiger charge is -2.17. The molecule has 1 aliphatic carbocycles. The van der Waals surface area contributed by atoms with Crippen LogP contribution in [-0.2, 0) is 12.8 Å². The van der Waals surface area contributed by atoms with Gasteiger partial charge in [0.2, 0.25) is 0 Å². The molecule has 7 heteroatoms. The molecular formula is C13H12N6S. The number of fused-ring (bicyclic) bond motifs is 8. The van der Waals surface area contributed by atoms with Gasteiger partial charge in [-0.25, -0.2) is 4.98 Å². The van der Waals surface area contributed by atoms with Gasteiger partial charge >= 0.3 is 0 Å². The molecule has 0 N–H and O–H groups in total. The summed E-state index contributed by atoms with van der Waals surface area (Å²) in [4.78, 5) is 7.15. The number of aryl methyl sites for hydroxylation is 1. The van der Waals surface area contributed by atoms with Crippen LogP contribution < -0.4 is 0 Å². The maximum Gasteiger partial charge on any atom is 0.259 e. The first-order valence-electron chi connectivity index (χ1n) is 6.78. The maximum atomic E-state index is 4.46. The summed E-state index contributed by atoms with van der Waals surface area (Å²) in [7, 11) is 0. The first kappa shape index (κ1) is 10.7. The first-order valence-corrected chi connectivity index (χ1v) is 7.60. The molecule has 1 aliphatic rings. The van der Waals surface area contributed by atoms with Gasteiger partial charge in [0.05, 0.1) is 5.39 Å². The van der Waals surface area contributed by atoms with Crippen LogP contribution in [0.1, 0.15) is 23.8 Å². The van der Waals surface area contributed by atoms with Crippen LogP contribution in [0, 0.1) is 5.92 Å². The van der Waals surface area contributed by atoms with E-state index in [4.69, 9.17) is 0 Å². The molecule has 0 aromatic carbocycles. The number of hydrogen-bond acceptors (Lipinski definition) is 5. The summed E-state index contributed by atoms with van der Waals surface area (Å²) in [6, 6.07) is 0. The van der Waals surface area contributed by atoms with Crippen molar-refractivity contribution < 1.29 is 0 Å². The molecular weight excluding hydrogens is 272 g/mol. The molecule has 0 aliphatic heterocycles. The van der Waals surface area contributed by atoms with Crippen LogP contribution in [-0.4, -0.2) is 29.2 Å². The minimum absolute atomic E-state index is 0.733. The summed E-state index contributed by atoms with van der Waals surface area (Å²) in [6.07, 6.45) is 6.93. The van der Waals surface area contributed by atoms with Crippen molar-refractivity contribution in [1.29, 1.82) is 0 Å². The molecule has 4 aromatic rings. The van der Waals surface area contributed by atoms with E-state index in [1.807, 2.05) is 15.7 Å². The van der Waals surface area contributed by atoms with Gasteiger partial charge in [-0.1, -0.05) is 6.92 Å². The van der Waals surface area contributed by atoms with E-state index in [9.17, 15) is 0 Å². The fourth-order valence-electron chi connectivity index (χ4n) is 3.22. The molecule has 4 aromatic heterocycles. The molecule has 0 amide bonds. The lowest BCUT2D eigenvalue weighted by molar-refractivity contribution is 0.508. The predicted octanol–water partition coefficient (Wildman–Crippen LogP) is 2.11. The minimum atomic E-state index is 0.733. The molecule has 0 bridgehead atoms. The van der Waals surface area contributed by atoms with Crippen molar-refractivity contribution in [3.05, 3.63) is 23.1 Å². The summed E-state index contributed by atoms with van der Waals surface area (Å²) < 4.78 is 3.83. The van der Waals surface area contributed by atoms with Gasteiger partial charge in [0.15, 0.2) is 5.65 Å². The number of thiophene rings is 1. The highest BCUT2D eigenvalue weighted by Crippen LogP contribution is 2.39. The van der Waals surface area contributed by atoms with Crippen LogP contribution in [0.4, 0.5) is 0 Å². The van der Waals surface area contributed by atoms with Gasteiger partial charge in [0.1, 0.15) is 17.5 Å². The van der Waals surface area contributed by atoms with E-state index in [1.54, 1.807) is 17.2 Å². The van der Waals surface area contributed by atoms with Crippen molar-refractivity contribution in [2.24, 2.45) is 5.92 Å². The van der Waals surface area contributed by atoms with Crippen LogP contribution in [0.15, 0.2) is 12.7 Å². The van der Waals surface area contributed by atoms with E-state index in [0.717, 1.165) is 23.8 Å². The second-order valence-corrected chi connectivity index (χ2v) is 6.61. The molecule has 6 nitrogen and oxygen atoms in total. The summed E-state index contributed by atoms with van der Waals surface area (Å²) in [6.45, 7) is 2.32. The van der Waals surface area contributed by atoms with Crippen molar-refractivity contribution in [3.63, 3.8) is 0 Å². The van der Waals surface area contributed by atoms with Crippen LogP contribution in [0.2, 0.25) is 0 Å². The predicted molar refractivity (Wildman–Crippen MR) is 76.1 cm³/mol. The third-order valence-corrected chi connectivity index (χ3v) is 5.49. The molecule has 0 fully saturated rings. The zero-order valence-electron chi connectivity index (χ0n) is 10.9. The zero-order valence-corrected chi connectivity index (χ0v) is 11.8. The van der Waals surface area contributed by atoms with Crippen LogP contribution >= 0.6 is 11.3 Å². The lowest BCUT2D eigenvalue weighted by Crippen LogP contribution is -2.09. The lowest BCUT2D eigenvalue weighted by atomic mass is 9.89. The van der Waals surface area contributed by atoms with Gasteiger partial charge in [-0.05, 0) is 30.7 Å². The number of hydrogen-bond donors (Lipinski definition) is 0. The molecule has 20 heavy (non-hydrogen) atoms. The minimum Gasteiger partial charge on any atom is -0.256 e. The Bertz CT molecular complexity index is 962. The van der Waals surface area contributed by atoms with Gasteiger partial charge in [-0.15, -0.1) is 21.5 Å². The molecule has 0 unspecified atom stereocenters. The van der Waals surface area contributed by atoms with Gasteiger partial charge in [-0.2, -0.15) is 9.61 Å². The second kappa shape index (κ2) is 3.54. The van der Waals surface area contributed by atoms with E-state index in [-0.39, 0.29) is 0 Å². The van der Waals surface area contributed by atoms with E-state index < -0.39 is 0 Å². The molecule has 0 spiro atoms. The van der Waals surface area contributed by atoms with Crippen molar-refractivity contribution in [2.75, 3.05) is 0 Å². The Morgan fingerprint density at radius 2 is 2.35 bits per heavy atom. The van der Waals surface area contributed by atoms with Gasteiger partial charge in [0.25, 0.3) is 5.78 Å². The smallest absolute Gasteiger partial charge is 0.256 e. The molecule has 4 heterocycles. The molecule has 5 rings (SSSR count). The van der Waals surface area contributed by atoms with E-state index >= 15 is 0 Å². The topological polar surface area (TPSA) is 60.4 Å². The van der Waals surface area contributed by atoms with Gasteiger partial charge < -0.3 is 0 Å². The average molecular weight is 284 g/mol.